The van der Waals surface area contributed by atoms with Gasteiger partial charge in [-0.15, -0.1) is 0 Å². The van der Waals surface area contributed by atoms with Crippen molar-refractivity contribution in [3.05, 3.63) is 77.6 Å². The summed E-state index contributed by atoms with van der Waals surface area (Å²) in [6.07, 6.45) is 6.77. The van der Waals surface area contributed by atoms with Gasteiger partial charge >= 0.3 is 0 Å². The summed E-state index contributed by atoms with van der Waals surface area (Å²) in [5.74, 6) is -0.190. The molecule has 6 heteroatoms. The number of para-hydroxylation sites is 1. The van der Waals surface area contributed by atoms with Gasteiger partial charge in [-0.05, 0) is 23.8 Å². The number of nitrogens with zero attached hydrogens (tertiary/aromatic N) is 3. The third kappa shape index (κ3) is 3.15. The Hall–Kier alpha value is -2.66. The van der Waals surface area contributed by atoms with Crippen molar-refractivity contribution in [2.24, 2.45) is 0 Å². The first-order valence-corrected chi connectivity index (χ1v) is 7.08. The van der Waals surface area contributed by atoms with Crippen LogP contribution in [0.25, 0.3) is 5.69 Å². The van der Waals surface area contributed by atoms with E-state index in [4.69, 9.17) is 11.6 Å². The second-order valence-corrected chi connectivity index (χ2v) is 5.04. The van der Waals surface area contributed by atoms with Crippen LogP contribution in [0.3, 0.4) is 0 Å². The van der Waals surface area contributed by atoms with Gasteiger partial charge in [0.05, 0.1) is 17.6 Å². The van der Waals surface area contributed by atoms with Gasteiger partial charge in [0.2, 0.25) is 0 Å². The molecule has 3 aromatic rings. The van der Waals surface area contributed by atoms with Gasteiger partial charge in [0.15, 0.2) is 0 Å². The average Bonchev–Trinajstić information content (AvgIpc) is 3.08. The zero-order valence-corrected chi connectivity index (χ0v) is 12.4. The number of carbonyl (C=O) groups excluding carboxylic acids is 1. The second kappa shape index (κ2) is 6.41. The smallest absolute Gasteiger partial charge is 0.253 e. The van der Waals surface area contributed by atoms with Gasteiger partial charge in [0.25, 0.3) is 5.91 Å². The Morgan fingerprint density at radius 3 is 2.82 bits per heavy atom. The number of aromatic nitrogens is 3. The largest absolute Gasteiger partial charge is 0.348 e. The fraction of sp³-hybridized carbons (Fsp3) is 0.0625. The van der Waals surface area contributed by atoms with Crippen LogP contribution < -0.4 is 5.32 Å². The molecule has 2 heterocycles. The van der Waals surface area contributed by atoms with E-state index in [9.17, 15) is 4.79 Å². The van der Waals surface area contributed by atoms with Gasteiger partial charge in [-0.3, -0.25) is 4.79 Å². The van der Waals surface area contributed by atoms with Crippen molar-refractivity contribution < 1.29 is 4.79 Å². The lowest BCUT2D eigenvalue weighted by molar-refractivity contribution is 0.0950. The lowest BCUT2D eigenvalue weighted by Gasteiger charge is -2.11. The Morgan fingerprint density at radius 2 is 2.09 bits per heavy atom. The van der Waals surface area contributed by atoms with E-state index < -0.39 is 0 Å². The molecule has 0 fully saturated rings. The molecule has 0 aliphatic rings. The molecule has 0 atom stereocenters. The Labute approximate surface area is 132 Å². The summed E-state index contributed by atoms with van der Waals surface area (Å²) in [7, 11) is 0. The molecular formula is C16H13ClN4O. The van der Waals surface area contributed by atoms with Crippen molar-refractivity contribution in [1.82, 2.24) is 19.9 Å². The van der Waals surface area contributed by atoms with Crippen LogP contribution in [0.1, 0.15) is 15.9 Å². The number of hydrogen-bond acceptors (Lipinski definition) is 3. The summed E-state index contributed by atoms with van der Waals surface area (Å²) in [5, 5.41) is 3.24. The quantitative estimate of drug-likeness (QED) is 0.754. The summed E-state index contributed by atoms with van der Waals surface area (Å²) in [4.78, 5) is 20.1. The number of nitrogens with one attached hydrogen (secondary N) is 1. The van der Waals surface area contributed by atoms with Crippen molar-refractivity contribution in [3.8, 4) is 5.69 Å². The maximum absolute atomic E-state index is 12.1. The van der Waals surface area contributed by atoms with Crippen molar-refractivity contribution in [2.75, 3.05) is 0 Å². The second-order valence-electron chi connectivity index (χ2n) is 4.65. The lowest BCUT2D eigenvalue weighted by Crippen LogP contribution is -2.23. The highest BCUT2D eigenvalue weighted by molar-refractivity contribution is 6.29. The molecule has 1 amide bonds. The predicted octanol–water partition coefficient (Wildman–Crippen LogP) is 2.85. The van der Waals surface area contributed by atoms with Gasteiger partial charge in [-0.2, -0.15) is 0 Å². The van der Waals surface area contributed by atoms with E-state index in [2.05, 4.69) is 15.3 Å². The van der Waals surface area contributed by atoms with E-state index >= 15 is 0 Å². The van der Waals surface area contributed by atoms with Crippen molar-refractivity contribution >= 4 is 17.5 Å². The first-order valence-electron chi connectivity index (χ1n) is 6.70. The summed E-state index contributed by atoms with van der Waals surface area (Å²) in [6.45, 7) is 0.413. The van der Waals surface area contributed by atoms with Crippen molar-refractivity contribution in [1.29, 1.82) is 0 Å². The van der Waals surface area contributed by atoms with Crippen LogP contribution in [0.5, 0.6) is 0 Å². The molecule has 1 N–H and O–H groups in total. The van der Waals surface area contributed by atoms with E-state index in [1.165, 1.54) is 6.20 Å². The molecule has 0 aliphatic heterocycles. The molecule has 3 rings (SSSR count). The topological polar surface area (TPSA) is 59.8 Å². The summed E-state index contributed by atoms with van der Waals surface area (Å²) in [6, 6.07) is 11.1. The number of amides is 1. The fourth-order valence-electron chi connectivity index (χ4n) is 2.10. The molecule has 0 saturated heterocycles. The zero-order valence-electron chi connectivity index (χ0n) is 11.6. The van der Waals surface area contributed by atoms with Crippen LogP contribution in [-0.4, -0.2) is 20.4 Å². The van der Waals surface area contributed by atoms with E-state index in [1.807, 2.05) is 35.0 Å². The number of pyridine rings is 1. The monoisotopic (exact) mass is 312 g/mol. The zero-order chi connectivity index (χ0) is 15.4. The Kier molecular flexibility index (Phi) is 4.16. The van der Waals surface area contributed by atoms with Gasteiger partial charge in [0, 0.05) is 25.1 Å². The van der Waals surface area contributed by atoms with Crippen LogP contribution in [0.4, 0.5) is 0 Å². The summed E-state index contributed by atoms with van der Waals surface area (Å²) >= 11 is 5.72. The molecule has 0 radical (unpaired) electrons. The minimum Gasteiger partial charge on any atom is -0.348 e. The number of benzene rings is 1. The third-order valence-electron chi connectivity index (χ3n) is 3.20. The van der Waals surface area contributed by atoms with Crippen LogP contribution in [-0.2, 0) is 6.54 Å². The number of halogens is 1. The predicted molar refractivity (Wildman–Crippen MR) is 84.0 cm³/mol. The highest BCUT2D eigenvalue weighted by Crippen LogP contribution is 2.14. The molecule has 22 heavy (non-hydrogen) atoms. The SMILES string of the molecule is O=C(NCc1ccccc1-n1ccnc1)c1ccc(Cl)nc1. The Balaban J connectivity index is 1.74. The molecule has 2 aromatic heterocycles. The first kappa shape index (κ1) is 14.3. The minimum absolute atomic E-state index is 0.190. The maximum atomic E-state index is 12.1. The van der Waals surface area contributed by atoms with Crippen molar-refractivity contribution in [2.45, 2.75) is 6.54 Å². The average molecular weight is 313 g/mol. The van der Waals surface area contributed by atoms with Crippen LogP contribution in [0.15, 0.2) is 61.3 Å². The summed E-state index contributed by atoms with van der Waals surface area (Å²) in [5.41, 5.74) is 2.45. The lowest BCUT2D eigenvalue weighted by atomic mass is 10.1. The molecular weight excluding hydrogens is 300 g/mol. The molecule has 110 valence electrons. The number of hydrogen-bond donors (Lipinski definition) is 1. The Morgan fingerprint density at radius 1 is 1.23 bits per heavy atom. The van der Waals surface area contributed by atoms with Gasteiger partial charge < -0.3 is 9.88 Å². The van der Waals surface area contributed by atoms with E-state index in [1.54, 1.807) is 24.7 Å². The highest BCUT2D eigenvalue weighted by atomic mass is 35.5. The van der Waals surface area contributed by atoms with Crippen LogP contribution in [0.2, 0.25) is 5.15 Å². The van der Waals surface area contributed by atoms with E-state index in [0.29, 0.717) is 17.3 Å². The molecule has 0 unspecified atom stereocenters. The molecule has 0 aliphatic carbocycles. The highest BCUT2D eigenvalue weighted by Gasteiger charge is 2.08. The van der Waals surface area contributed by atoms with Gasteiger partial charge in [0.1, 0.15) is 5.15 Å². The molecule has 0 bridgehead atoms. The summed E-state index contributed by atoms with van der Waals surface area (Å²) < 4.78 is 1.91. The number of rotatable bonds is 4. The fourth-order valence-corrected chi connectivity index (χ4v) is 2.21. The van der Waals surface area contributed by atoms with Gasteiger partial charge in [-0.25, -0.2) is 9.97 Å². The van der Waals surface area contributed by atoms with E-state index in [-0.39, 0.29) is 5.91 Å². The number of carbonyl (C=O) groups is 1. The Bertz CT molecular complexity index is 769. The standard InChI is InChI=1S/C16H13ClN4O/c17-15-6-5-13(10-19-15)16(22)20-9-12-3-1-2-4-14(12)21-8-7-18-11-21/h1-8,10-11H,9H2,(H,20,22). The van der Waals surface area contributed by atoms with Crippen LogP contribution in [0, 0.1) is 0 Å². The van der Waals surface area contributed by atoms with Gasteiger partial charge in [-0.1, -0.05) is 29.8 Å². The third-order valence-corrected chi connectivity index (χ3v) is 3.43. The molecule has 0 saturated carbocycles. The molecule has 1 aromatic carbocycles. The van der Waals surface area contributed by atoms with Crippen LogP contribution >= 0.6 is 11.6 Å². The van der Waals surface area contributed by atoms with E-state index in [0.717, 1.165) is 11.3 Å². The first-order chi connectivity index (χ1) is 10.7. The number of imidazole rings is 1. The minimum atomic E-state index is -0.190. The normalized spacial score (nSPS) is 10.4. The van der Waals surface area contributed by atoms with Crippen molar-refractivity contribution in [3.63, 3.8) is 0 Å². The molecule has 0 spiro atoms. The maximum Gasteiger partial charge on any atom is 0.253 e. The molecule has 5 nitrogen and oxygen atoms in total.